The molecule has 5 rings (SSSR count). The molecule has 36 heavy (non-hydrogen) atoms. The Morgan fingerprint density at radius 1 is 1.06 bits per heavy atom. The number of amides is 1. The van der Waals surface area contributed by atoms with Crippen LogP contribution in [-0.4, -0.2) is 53.6 Å². The smallest absolute Gasteiger partial charge is 0.305 e. The average molecular weight is 491 g/mol. The van der Waals surface area contributed by atoms with Crippen molar-refractivity contribution in [3.63, 3.8) is 0 Å². The third-order valence-corrected chi connectivity index (χ3v) is 5.25. The summed E-state index contributed by atoms with van der Waals surface area (Å²) in [5, 5.41) is 14.3. The highest BCUT2D eigenvalue weighted by molar-refractivity contribution is 6.17. The van der Waals surface area contributed by atoms with Crippen molar-refractivity contribution in [1.29, 1.82) is 0 Å². The first-order valence-electron chi connectivity index (χ1n) is 10.6. The number of aliphatic imine (C=N–C) groups is 1. The van der Waals surface area contributed by atoms with Crippen LogP contribution in [0.1, 0.15) is 17.2 Å². The van der Waals surface area contributed by atoms with Gasteiger partial charge >= 0.3 is 6.18 Å². The first-order chi connectivity index (χ1) is 17.4. The fourth-order valence-electron chi connectivity index (χ4n) is 3.52. The Kier molecular flexibility index (Phi) is 6.02. The van der Waals surface area contributed by atoms with Gasteiger partial charge in [-0.3, -0.25) is 14.8 Å². The predicted octanol–water partition coefficient (Wildman–Crippen LogP) is 3.27. The fourth-order valence-corrected chi connectivity index (χ4v) is 3.52. The zero-order chi connectivity index (χ0) is 25.1. The van der Waals surface area contributed by atoms with Crippen molar-refractivity contribution < 1.29 is 18.0 Å². The number of aromatic nitrogens is 7. The molecule has 180 valence electrons. The average Bonchev–Trinajstić information content (AvgIpc) is 3.37. The Hall–Kier alpha value is -4.81. The normalized spacial score (nSPS) is 15.4. The lowest BCUT2D eigenvalue weighted by molar-refractivity contribution is -0.142. The van der Waals surface area contributed by atoms with Gasteiger partial charge in [0.1, 0.15) is 6.33 Å². The van der Waals surface area contributed by atoms with Gasteiger partial charge in [-0.05, 0) is 35.9 Å². The van der Waals surface area contributed by atoms with Crippen LogP contribution in [0, 0.1) is 0 Å². The standard InChI is InChI=1S/C23H16F3N9O/c24-23(25,26)19-7-18(14-2-1-5-27-8-14)34-35(19)21-4-3-20(32-33-21)31-22(36)16-6-15(9-28-10-16)17-11-29-13-30-12-17/h1-8,10-13,15H,9H2,(H,31,32,36). The predicted molar refractivity (Wildman–Crippen MR) is 122 cm³/mol. The van der Waals surface area contributed by atoms with Crippen molar-refractivity contribution in [1.82, 2.24) is 34.9 Å². The molecule has 5 heterocycles. The minimum Gasteiger partial charge on any atom is -0.305 e. The molecule has 0 fully saturated rings. The third-order valence-electron chi connectivity index (χ3n) is 5.25. The maximum absolute atomic E-state index is 13.7. The van der Waals surface area contributed by atoms with E-state index >= 15 is 0 Å². The maximum atomic E-state index is 13.7. The number of alkyl halides is 3. The van der Waals surface area contributed by atoms with Crippen LogP contribution in [0.15, 0.2) is 78.1 Å². The van der Waals surface area contributed by atoms with Gasteiger partial charge in [-0.15, -0.1) is 10.2 Å². The minimum absolute atomic E-state index is 0.0522. The third kappa shape index (κ3) is 4.85. The highest BCUT2D eigenvalue weighted by Crippen LogP contribution is 2.33. The van der Waals surface area contributed by atoms with Crippen molar-refractivity contribution >= 4 is 17.9 Å². The molecule has 0 radical (unpaired) electrons. The van der Waals surface area contributed by atoms with E-state index in [0.717, 1.165) is 11.6 Å². The molecule has 13 heteroatoms. The summed E-state index contributed by atoms with van der Waals surface area (Å²) in [5.41, 5.74) is 0.590. The molecule has 4 aromatic heterocycles. The topological polar surface area (TPSA) is 124 Å². The maximum Gasteiger partial charge on any atom is 0.433 e. The van der Waals surface area contributed by atoms with E-state index in [1.54, 1.807) is 30.6 Å². The SMILES string of the molecule is O=C(Nc1ccc(-n2nc(-c3cccnc3)cc2C(F)(F)F)nn1)C1=CC(c2cncnc2)CN=C1. The number of pyridine rings is 1. The van der Waals surface area contributed by atoms with Crippen LogP contribution < -0.4 is 5.32 Å². The molecule has 1 aliphatic heterocycles. The van der Waals surface area contributed by atoms with Crippen LogP contribution in [0.3, 0.4) is 0 Å². The van der Waals surface area contributed by atoms with E-state index in [1.165, 1.54) is 37.1 Å². The summed E-state index contributed by atoms with van der Waals surface area (Å²) < 4.78 is 41.7. The zero-order valence-electron chi connectivity index (χ0n) is 18.3. The van der Waals surface area contributed by atoms with Gasteiger partial charge in [0.2, 0.25) is 0 Å². The first kappa shape index (κ1) is 23.0. The number of nitrogens with zero attached hydrogens (tertiary/aromatic N) is 8. The van der Waals surface area contributed by atoms with Crippen LogP contribution in [-0.2, 0) is 11.0 Å². The first-order valence-corrected chi connectivity index (χ1v) is 10.6. The Labute approximate surface area is 201 Å². The van der Waals surface area contributed by atoms with Crippen molar-refractivity contribution in [2.75, 3.05) is 11.9 Å². The lowest BCUT2D eigenvalue weighted by Crippen LogP contribution is -2.20. The highest BCUT2D eigenvalue weighted by Gasteiger charge is 2.37. The lowest BCUT2D eigenvalue weighted by Gasteiger charge is -2.15. The van der Waals surface area contributed by atoms with Crippen LogP contribution in [0.4, 0.5) is 19.0 Å². The molecule has 1 aliphatic rings. The molecule has 1 unspecified atom stereocenters. The van der Waals surface area contributed by atoms with Gasteiger partial charge in [0.05, 0.1) is 11.3 Å². The molecule has 1 amide bonds. The monoisotopic (exact) mass is 491 g/mol. The van der Waals surface area contributed by atoms with Gasteiger partial charge in [-0.1, -0.05) is 6.08 Å². The summed E-state index contributed by atoms with van der Waals surface area (Å²) in [7, 11) is 0. The van der Waals surface area contributed by atoms with Crippen LogP contribution in [0.25, 0.3) is 17.1 Å². The lowest BCUT2D eigenvalue weighted by atomic mass is 9.97. The number of rotatable bonds is 5. The molecule has 1 N–H and O–H groups in total. The summed E-state index contributed by atoms with van der Waals surface area (Å²) in [6.45, 7) is 0.450. The van der Waals surface area contributed by atoms with Crippen molar-refractivity contribution in [2.24, 2.45) is 4.99 Å². The molecule has 0 spiro atoms. The van der Waals surface area contributed by atoms with Crippen molar-refractivity contribution in [3.05, 3.63) is 84.4 Å². The molecule has 0 saturated heterocycles. The van der Waals surface area contributed by atoms with E-state index in [-0.39, 0.29) is 23.2 Å². The summed E-state index contributed by atoms with van der Waals surface area (Å²) in [6, 6.07) is 6.74. The molecule has 4 aromatic rings. The number of anilines is 1. The van der Waals surface area contributed by atoms with E-state index in [4.69, 9.17) is 0 Å². The molecule has 0 bridgehead atoms. The van der Waals surface area contributed by atoms with Gasteiger partial charge in [0.25, 0.3) is 5.91 Å². The summed E-state index contributed by atoms with van der Waals surface area (Å²) in [4.78, 5) is 28.8. The van der Waals surface area contributed by atoms with Gasteiger partial charge in [0.15, 0.2) is 17.3 Å². The van der Waals surface area contributed by atoms with Crippen LogP contribution >= 0.6 is 0 Å². The van der Waals surface area contributed by atoms with Gasteiger partial charge in [-0.2, -0.15) is 18.3 Å². The molecule has 0 aromatic carbocycles. The second-order valence-corrected chi connectivity index (χ2v) is 7.69. The fraction of sp³-hybridized carbons (Fsp3) is 0.130. The Balaban J connectivity index is 1.36. The number of carbonyl (C=O) groups excluding carboxylic acids is 1. The molecular formula is C23H16F3N9O. The second-order valence-electron chi connectivity index (χ2n) is 7.69. The summed E-state index contributed by atoms with van der Waals surface area (Å²) in [6.07, 6.45) is 6.13. The number of dihydropyridines is 1. The molecule has 1 atom stereocenters. The van der Waals surface area contributed by atoms with E-state index in [9.17, 15) is 18.0 Å². The molecule has 10 nitrogen and oxygen atoms in total. The van der Waals surface area contributed by atoms with E-state index in [2.05, 4.69) is 40.6 Å². The highest BCUT2D eigenvalue weighted by atomic mass is 19.4. The van der Waals surface area contributed by atoms with E-state index < -0.39 is 17.8 Å². The summed E-state index contributed by atoms with van der Waals surface area (Å²) >= 11 is 0. The number of carbonyl (C=O) groups is 1. The van der Waals surface area contributed by atoms with E-state index in [0.29, 0.717) is 22.4 Å². The van der Waals surface area contributed by atoms with Crippen LogP contribution in [0.5, 0.6) is 0 Å². The Morgan fingerprint density at radius 2 is 1.89 bits per heavy atom. The number of hydrogen-bond donors (Lipinski definition) is 1. The quantitative estimate of drug-likeness (QED) is 0.454. The molecular weight excluding hydrogens is 475 g/mol. The Bertz CT molecular complexity index is 1430. The Morgan fingerprint density at radius 3 is 2.58 bits per heavy atom. The zero-order valence-corrected chi connectivity index (χ0v) is 18.3. The van der Waals surface area contributed by atoms with Gasteiger partial charge in [-0.25, -0.2) is 14.6 Å². The molecule has 0 aliphatic carbocycles. The van der Waals surface area contributed by atoms with Gasteiger partial charge < -0.3 is 5.32 Å². The summed E-state index contributed by atoms with van der Waals surface area (Å²) in [5.74, 6) is -0.772. The number of hydrogen-bond acceptors (Lipinski definition) is 8. The largest absolute Gasteiger partial charge is 0.433 e. The van der Waals surface area contributed by atoms with Crippen molar-refractivity contribution in [3.8, 4) is 17.1 Å². The van der Waals surface area contributed by atoms with Gasteiger partial charge in [0, 0.05) is 49.0 Å². The molecule has 0 saturated carbocycles. The minimum atomic E-state index is -4.69. The second kappa shape index (κ2) is 9.44. The van der Waals surface area contributed by atoms with E-state index in [1.807, 2.05) is 0 Å². The van der Waals surface area contributed by atoms with Crippen LogP contribution in [0.2, 0.25) is 0 Å². The number of halogens is 3. The number of nitrogens with one attached hydrogen (secondary N) is 1. The van der Waals surface area contributed by atoms with Crippen molar-refractivity contribution in [2.45, 2.75) is 12.1 Å².